The van der Waals surface area contributed by atoms with E-state index in [9.17, 15) is 0 Å². The third-order valence-electron chi connectivity index (χ3n) is 2.99. The molecule has 0 atom stereocenters. The van der Waals surface area contributed by atoms with Crippen molar-refractivity contribution in [3.63, 3.8) is 0 Å². The second-order valence-electron chi connectivity index (χ2n) is 4.28. The SMILES string of the molecule is CCc1n[nH]c(=S)n1NCc1cc(Br)c(OC)c(OC)c1. The maximum Gasteiger partial charge on any atom is 0.214 e. The third kappa shape index (κ3) is 3.38. The highest BCUT2D eigenvalue weighted by molar-refractivity contribution is 9.10. The molecule has 2 rings (SSSR count). The number of H-pyrrole nitrogens is 1. The summed E-state index contributed by atoms with van der Waals surface area (Å²) in [5.74, 6) is 2.21. The summed E-state index contributed by atoms with van der Waals surface area (Å²) in [4.78, 5) is 0. The minimum absolute atomic E-state index is 0.548. The number of ether oxygens (including phenoxy) is 2. The van der Waals surface area contributed by atoms with Crippen molar-refractivity contribution in [3.8, 4) is 11.5 Å². The summed E-state index contributed by atoms with van der Waals surface area (Å²) in [6.07, 6.45) is 0.787. The number of halogens is 1. The predicted octanol–water partition coefficient (Wildman–Crippen LogP) is 3.03. The summed E-state index contributed by atoms with van der Waals surface area (Å²) in [7, 11) is 3.22. The largest absolute Gasteiger partial charge is 0.493 e. The molecule has 2 aromatic rings. The van der Waals surface area contributed by atoms with Crippen LogP contribution in [0.4, 0.5) is 0 Å². The molecule has 0 spiro atoms. The summed E-state index contributed by atoms with van der Waals surface area (Å²) in [6, 6.07) is 3.90. The summed E-state index contributed by atoms with van der Waals surface area (Å²) < 4.78 is 13.8. The molecule has 1 aromatic heterocycles. The molecule has 0 radical (unpaired) electrons. The van der Waals surface area contributed by atoms with Crippen LogP contribution in [0.15, 0.2) is 16.6 Å². The predicted molar refractivity (Wildman–Crippen MR) is 87.1 cm³/mol. The molecule has 0 aliphatic carbocycles. The molecular formula is C13H17BrN4O2S. The minimum atomic E-state index is 0.548. The molecule has 0 bridgehead atoms. The Balaban J connectivity index is 2.22. The zero-order chi connectivity index (χ0) is 15.4. The van der Waals surface area contributed by atoms with E-state index in [2.05, 4.69) is 31.6 Å². The Morgan fingerprint density at radius 2 is 2.14 bits per heavy atom. The van der Waals surface area contributed by atoms with Gasteiger partial charge in [0.1, 0.15) is 0 Å². The van der Waals surface area contributed by atoms with Crippen molar-refractivity contribution in [2.24, 2.45) is 0 Å². The number of methoxy groups -OCH3 is 2. The van der Waals surface area contributed by atoms with Crippen LogP contribution in [0, 0.1) is 4.77 Å². The number of aryl methyl sites for hydroxylation is 1. The van der Waals surface area contributed by atoms with Crippen molar-refractivity contribution >= 4 is 28.1 Å². The lowest BCUT2D eigenvalue weighted by Gasteiger charge is -2.13. The Hall–Kier alpha value is -1.54. The van der Waals surface area contributed by atoms with Gasteiger partial charge in [-0.2, -0.15) is 5.10 Å². The first-order chi connectivity index (χ1) is 10.1. The van der Waals surface area contributed by atoms with Crippen LogP contribution in [0.25, 0.3) is 0 Å². The average molecular weight is 373 g/mol. The Labute approximate surface area is 136 Å². The van der Waals surface area contributed by atoms with E-state index in [1.54, 1.807) is 18.9 Å². The Bertz CT molecular complexity index is 683. The Morgan fingerprint density at radius 1 is 1.38 bits per heavy atom. The fourth-order valence-corrected chi connectivity index (χ4v) is 2.84. The van der Waals surface area contributed by atoms with Gasteiger partial charge < -0.3 is 14.9 Å². The molecule has 0 saturated heterocycles. The molecule has 1 heterocycles. The molecule has 21 heavy (non-hydrogen) atoms. The first-order valence-corrected chi connectivity index (χ1v) is 7.61. The monoisotopic (exact) mass is 372 g/mol. The molecule has 0 aliphatic heterocycles. The lowest BCUT2D eigenvalue weighted by atomic mass is 10.2. The zero-order valence-corrected chi connectivity index (χ0v) is 14.5. The quantitative estimate of drug-likeness (QED) is 0.763. The van der Waals surface area contributed by atoms with Crippen LogP contribution in [0.1, 0.15) is 18.3 Å². The second-order valence-corrected chi connectivity index (χ2v) is 5.52. The van der Waals surface area contributed by atoms with E-state index in [4.69, 9.17) is 21.7 Å². The first kappa shape index (κ1) is 15.8. The molecule has 0 fully saturated rings. The number of nitrogens with zero attached hydrogens (tertiary/aromatic N) is 2. The number of hydrogen-bond donors (Lipinski definition) is 2. The average Bonchev–Trinajstić information content (AvgIpc) is 2.84. The van der Waals surface area contributed by atoms with Gasteiger partial charge in [0, 0.05) is 6.42 Å². The molecule has 0 amide bonds. The van der Waals surface area contributed by atoms with Gasteiger partial charge in [0.15, 0.2) is 17.3 Å². The van der Waals surface area contributed by atoms with Gasteiger partial charge in [0.05, 0.1) is 25.2 Å². The summed E-state index contributed by atoms with van der Waals surface area (Å²) in [5, 5.41) is 6.93. The van der Waals surface area contributed by atoms with E-state index in [0.29, 0.717) is 22.8 Å². The molecular weight excluding hydrogens is 356 g/mol. The summed E-state index contributed by atoms with van der Waals surface area (Å²) >= 11 is 8.68. The van der Waals surface area contributed by atoms with Crippen molar-refractivity contribution in [2.45, 2.75) is 19.9 Å². The zero-order valence-electron chi connectivity index (χ0n) is 12.1. The minimum Gasteiger partial charge on any atom is -0.493 e. The fraction of sp³-hybridized carbons (Fsp3) is 0.385. The maximum absolute atomic E-state index is 5.33. The van der Waals surface area contributed by atoms with Crippen molar-refractivity contribution in [3.05, 3.63) is 32.8 Å². The maximum atomic E-state index is 5.33. The Morgan fingerprint density at radius 3 is 2.76 bits per heavy atom. The van der Waals surface area contributed by atoms with Gasteiger partial charge in [0.25, 0.3) is 0 Å². The van der Waals surface area contributed by atoms with E-state index >= 15 is 0 Å². The molecule has 114 valence electrons. The topological polar surface area (TPSA) is 64.1 Å². The van der Waals surface area contributed by atoms with Gasteiger partial charge in [-0.05, 0) is 45.8 Å². The second kappa shape index (κ2) is 6.95. The lowest BCUT2D eigenvalue weighted by Crippen LogP contribution is -2.17. The van der Waals surface area contributed by atoms with E-state index < -0.39 is 0 Å². The van der Waals surface area contributed by atoms with Gasteiger partial charge >= 0.3 is 0 Å². The molecule has 0 saturated carbocycles. The van der Waals surface area contributed by atoms with Crippen molar-refractivity contribution < 1.29 is 9.47 Å². The van der Waals surface area contributed by atoms with Crippen LogP contribution < -0.4 is 14.9 Å². The highest BCUT2D eigenvalue weighted by Gasteiger charge is 2.11. The smallest absolute Gasteiger partial charge is 0.214 e. The fourth-order valence-electron chi connectivity index (χ4n) is 1.97. The van der Waals surface area contributed by atoms with E-state index in [-0.39, 0.29) is 0 Å². The van der Waals surface area contributed by atoms with Crippen LogP contribution in [0.2, 0.25) is 0 Å². The van der Waals surface area contributed by atoms with Crippen LogP contribution in [-0.4, -0.2) is 29.1 Å². The molecule has 2 N–H and O–H groups in total. The van der Waals surface area contributed by atoms with Gasteiger partial charge in [-0.1, -0.05) is 6.92 Å². The highest BCUT2D eigenvalue weighted by atomic mass is 79.9. The van der Waals surface area contributed by atoms with Crippen LogP contribution >= 0.6 is 28.1 Å². The molecule has 1 aromatic carbocycles. The van der Waals surface area contributed by atoms with Crippen molar-refractivity contribution in [1.82, 2.24) is 14.9 Å². The standard InChI is InChI=1S/C13H17BrN4O2S/c1-4-11-16-17-13(21)18(11)15-7-8-5-9(14)12(20-3)10(6-8)19-2/h5-6,15H,4,7H2,1-3H3,(H,17,21). The molecule has 0 unspecified atom stereocenters. The van der Waals surface area contributed by atoms with Crippen molar-refractivity contribution in [2.75, 3.05) is 19.6 Å². The van der Waals surface area contributed by atoms with Gasteiger partial charge in [0.2, 0.25) is 4.77 Å². The van der Waals surface area contributed by atoms with E-state index in [1.165, 1.54) is 0 Å². The third-order valence-corrected chi connectivity index (χ3v) is 3.86. The van der Waals surface area contributed by atoms with Crippen LogP contribution in [-0.2, 0) is 13.0 Å². The molecule has 6 nitrogen and oxygen atoms in total. The Kier molecular flexibility index (Phi) is 5.24. The number of rotatable bonds is 6. The summed E-state index contributed by atoms with van der Waals surface area (Å²) in [6.45, 7) is 2.61. The van der Waals surface area contributed by atoms with Gasteiger partial charge in [-0.25, -0.2) is 4.68 Å². The normalized spacial score (nSPS) is 10.5. The molecule has 0 aliphatic rings. The van der Waals surface area contributed by atoms with Crippen LogP contribution in [0.5, 0.6) is 11.5 Å². The van der Waals surface area contributed by atoms with Crippen LogP contribution in [0.3, 0.4) is 0 Å². The highest BCUT2D eigenvalue weighted by Crippen LogP contribution is 2.36. The molecule has 8 heteroatoms. The number of aromatic nitrogens is 3. The number of nitrogens with one attached hydrogen (secondary N) is 2. The first-order valence-electron chi connectivity index (χ1n) is 6.41. The number of hydrogen-bond acceptors (Lipinski definition) is 5. The van der Waals surface area contributed by atoms with Crippen molar-refractivity contribution in [1.29, 1.82) is 0 Å². The van der Waals surface area contributed by atoms with Gasteiger partial charge in [-0.3, -0.25) is 5.10 Å². The number of benzene rings is 1. The number of aromatic amines is 1. The lowest BCUT2D eigenvalue weighted by molar-refractivity contribution is 0.352. The summed E-state index contributed by atoms with van der Waals surface area (Å²) in [5.41, 5.74) is 4.28. The van der Waals surface area contributed by atoms with E-state index in [0.717, 1.165) is 22.3 Å². The van der Waals surface area contributed by atoms with Gasteiger partial charge in [-0.15, -0.1) is 0 Å². The van der Waals surface area contributed by atoms with E-state index in [1.807, 2.05) is 19.1 Å².